The lowest BCUT2D eigenvalue weighted by atomic mass is 9.53. The molecule has 0 aromatic heterocycles. The maximum Gasteiger partial charge on any atom is 0.0431 e. The summed E-state index contributed by atoms with van der Waals surface area (Å²) >= 11 is 0. The molecule has 0 aromatic carbocycles. The Labute approximate surface area is 194 Å². The lowest BCUT2D eigenvalue weighted by molar-refractivity contribution is 0.0444. The Morgan fingerprint density at radius 2 is 1.81 bits per heavy atom. The van der Waals surface area contributed by atoms with Crippen LogP contribution in [0.25, 0.3) is 0 Å². The molecule has 0 aliphatic heterocycles. The summed E-state index contributed by atoms with van der Waals surface area (Å²) in [6.07, 6.45) is 16.3. The molecule has 0 heterocycles. The zero-order valence-corrected chi connectivity index (χ0v) is 22.2. The highest BCUT2D eigenvalue weighted by atomic mass is 16.2. The third-order valence-corrected chi connectivity index (χ3v) is 8.74. The largest absolute Gasteiger partial charge is 0.396 e. The van der Waals surface area contributed by atoms with Crippen LogP contribution in [0.5, 0.6) is 0 Å². The zero-order valence-electron chi connectivity index (χ0n) is 22.2. The van der Waals surface area contributed by atoms with Crippen LogP contribution in [0.1, 0.15) is 126 Å². The van der Waals surface area contributed by atoms with Gasteiger partial charge in [-0.05, 0) is 121 Å². The first-order valence-electron chi connectivity index (χ1n) is 13.1. The van der Waals surface area contributed by atoms with E-state index >= 15 is 0 Å². The molecule has 178 valence electrons. The van der Waals surface area contributed by atoms with Crippen LogP contribution in [-0.2, 0) is 0 Å². The van der Waals surface area contributed by atoms with Crippen molar-refractivity contribution in [1.29, 1.82) is 0 Å². The summed E-state index contributed by atoms with van der Waals surface area (Å²) in [7, 11) is 0. The maximum absolute atomic E-state index is 9.16. The lowest BCUT2D eigenvalue weighted by Gasteiger charge is -2.52. The molecule has 1 heteroatoms. The molecule has 2 aliphatic rings. The molecule has 0 radical (unpaired) electrons. The van der Waals surface area contributed by atoms with Crippen LogP contribution in [0.15, 0.2) is 33.9 Å². The molecular formula is C30H52O. The number of hydrogen-bond donors (Lipinski definition) is 1. The minimum Gasteiger partial charge on any atom is -0.396 e. The number of aliphatic hydroxyl groups excluding tert-OH is 1. The van der Waals surface area contributed by atoms with E-state index in [0.29, 0.717) is 23.4 Å². The second kappa shape index (κ2) is 11.4. The topological polar surface area (TPSA) is 20.2 Å². The van der Waals surface area contributed by atoms with Gasteiger partial charge in [0, 0.05) is 6.61 Å². The lowest BCUT2D eigenvalue weighted by Crippen LogP contribution is -2.41. The average Bonchev–Trinajstić information content (AvgIpc) is 2.69. The SMILES string of the molecule is CC(C)=C(CC/C(C)=C/CCC1=C(C)CC[C@@]2(C)CCC(C)(C)C[C@@H]12)C(C)CCCO. The van der Waals surface area contributed by atoms with Gasteiger partial charge in [0.05, 0.1) is 0 Å². The molecular weight excluding hydrogens is 376 g/mol. The van der Waals surface area contributed by atoms with Crippen molar-refractivity contribution in [3.63, 3.8) is 0 Å². The average molecular weight is 429 g/mol. The van der Waals surface area contributed by atoms with Crippen molar-refractivity contribution in [3.8, 4) is 0 Å². The quantitative estimate of drug-likeness (QED) is 0.344. The molecule has 0 saturated heterocycles. The van der Waals surface area contributed by atoms with Gasteiger partial charge in [0.15, 0.2) is 0 Å². The summed E-state index contributed by atoms with van der Waals surface area (Å²) in [5.41, 5.74) is 9.20. The molecule has 1 saturated carbocycles. The number of fused-ring (bicyclic) bond motifs is 1. The summed E-state index contributed by atoms with van der Waals surface area (Å²) < 4.78 is 0. The van der Waals surface area contributed by atoms with E-state index in [1.807, 2.05) is 5.57 Å². The van der Waals surface area contributed by atoms with Crippen molar-refractivity contribution in [3.05, 3.63) is 33.9 Å². The van der Waals surface area contributed by atoms with Crippen LogP contribution in [0.2, 0.25) is 0 Å². The van der Waals surface area contributed by atoms with Crippen molar-refractivity contribution in [2.45, 2.75) is 126 Å². The van der Waals surface area contributed by atoms with Gasteiger partial charge in [-0.15, -0.1) is 0 Å². The summed E-state index contributed by atoms with van der Waals surface area (Å²) in [4.78, 5) is 0. The molecule has 0 amide bonds. The molecule has 3 atom stereocenters. The van der Waals surface area contributed by atoms with E-state index in [2.05, 4.69) is 61.5 Å². The molecule has 0 aromatic rings. The Kier molecular flexibility index (Phi) is 9.68. The van der Waals surface area contributed by atoms with E-state index in [4.69, 9.17) is 5.11 Å². The first-order chi connectivity index (χ1) is 14.5. The van der Waals surface area contributed by atoms with Crippen molar-refractivity contribution in [2.24, 2.45) is 22.7 Å². The van der Waals surface area contributed by atoms with Crippen LogP contribution in [0.4, 0.5) is 0 Å². The second-order valence-electron chi connectivity index (χ2n) is 12.3. The van der Waals surface area contributed by atoms with Gasteiger partial charge in [0.25, 0.3) is 0 Å². The number of rotatable bonds is 10. The van der Waals surface area contributed by atoms with Gasteiger partial charge in [0.1, 0.15) is 0 Å². The highest BCUT2D eigenvalue weighted by Crippen LogP contribution is 2.57. The minimum absolute atomic E-state index is 0.311. The highest BCUT2D eigenvalue weighted by molar-refractivity contribution is 5.25. The highest BCUT2D eigenvalue weighted by Gasteiger charge is 2.45. The normalized spacial score (nSPS) is 27.1. The standard InChI is InChI=1S/C30H52O/c1-22(2)26(24(4)12-10-20-31)15-14-23(3)11-9-13-27-25(5)16-17-30(8)19-18-29(6,7)21-28(27)30/h11,24,28,31H,9-10,12-21H2,1-8H3/b23-11+/t24?,28-,30-/m0/s1. The van der Waals surface area contributed by atoms with Crippen LogP contribution < -0.4 is 0 Å². The fraction of sp³-hybridized carbons (Fsp3) is 0.800. The molecule has 31 heavy (non-hydrogen) atoms. The van der Waals surface area contributed by atoms with Crippen LogP contribution in [-0.4, -0.2) is 11.7 Å². The summed E-state index contributed by atoms with van der Waals surface area (Å²) in [6.45, 7) is 19.5. The Bertz CT molecular complexity index is 685. The fourth-order valence-electron chi connectivity index (χ4n) is 6.33. The summed E-state index contributed by atoms with van der Waals surface area (Å²) in [5, 5.41) is 9.16. The Hall–Kier alpha value is -0.820. The summed E-state index contributed by atoms with van der Waals surface area (Å²) in [5.74, 6) is 1.40. The maximum atomic E-state index is 9.16. The number of allylic oxidation sites excluding steroid dienone is 6. The molecule has 0 bridgehead atoms. The van der Waals surface area contributed by atoms with E-state index in [9.17, 15) is 0 Å². The van der Waals surface area contributed by atoms with Gasteiger partial charge in [0.2, 0.25) is 0 Å². The molecule has 1 fully saturated rings. The van der Waals surface area contributed by atoms with Gasteiger partial charge < -0.3 is 5.11 Å². The molecule has 0 spiro atoms. The van der Waals surface area contributed by atoms with Gasteiger partial charge >= 0.3 is 0 Å². The van der Waals surface area contributed by atoms with Crippen molar-refractivity contribution < 1.29 is 5.11 Å². The molecule has 2 aliphatic carbocycles. The van der Waals surface area contributed by atoms with E-state index in [0.717, 1.165) is 18.8 Å². The van der Waals surface area contributed by atoms with Gasteiger partial charge in [-0.25, -0.2) is 0 Å². The predicted molar refractivity (Wildman–Crippen MR) is 137 cm³/mol. The first kappa shape index (κ1) is 26.4. The van der Waals surface area contributed by atoms with Gasteiger partial charge in [-0.3, -0.25) is 0 Å². The second-order valence-corrected chi connectivity index (χ2v) is 12.3. The molecule has 1 N–H and O–H groups in total. The third kappa shape index (κ3) is 7.34. The molecule has 1 nitrogen and oxygen atoms in total. The van der Waals surface area contributed by atoms with E-state index in [1.165, 1.54) is 63.4 Å². The van der Waals surface area contributed by atoms with E-state index in [1.54, 1.807) is 16.7 Å². The summed E-state index contributed by atoms with van der Waals surface area (Å²) in [6, 6.07) is 0. The number of hydrogen-bond acceptors (Lipinski definition) is 1. The molecule has 2 rings (SSSR count). The third-order valence-electron chi connectivity index (χ3n) is 8.74. The van der Waals surface area contributed by atoms with Crippen molar-refractivity contribution >= 4 is 0 Å². The first-order valence-corrected chi connectivity index (χ1v) is 13.1. The van der Waals surface area contributed by atoms with E-state index in [-0.39, 0.29) is 0 Å². The van der Waals surface area contributed by atoms with Crippen molar-refractivity contribution in [2.75, 3.05) is 6.61 Å². The van der Waals surface area contributed by atoms with Crippen LogP contribution in [0, 0.1) is 22.7 Å². The molecule has 1 unspecified atom stereocenters. The van der Waals surface area contributed by atoms with Gasteiger partial charge in [-0.2, -0.15) is 0 Å². The van der Waals surface area contributed by atoms with Gasteiger partial charge in [-0.1, -0.05) is 61.6 Å². The van der Waals surface area contributed by atoms with Crippen LogP contribution in [0.3, 0.4) is 0 Å². The monoisotopic (exact) mass is 428 g/mol. The Morgan fingerprint density at radius 3 is 2.45 bits per heavy atom. The smallest absolute Gasteiger partial charge is 0.0431 e. The zero-order chi connectivity index (χ0) is 23.2. The Balaban J connectivity index is 1.96. The van der Waals surface area contributed by atoms with Crippen molar-refractivity contribution in [1.82, 2.24) is 0 Å². The van der Waals surface area contributed by atoms with E-state index < -0.39 is 0 Å². The minimum atomic E-state index is 0.311. The Morgan fingerprint density at radius 1 is 1.10 bits per heavy atom. The predicted octanol–water partition coefficient (Wildman–Crippen LogP) is 9.18. The number of aliphatic hydroxyl groups is 1. The van der Waals surface area contributed by atoms with Crippen LogP contribution >= 0.6 is 0 Å². The fourth-order valence-corrected chi connectivity index (χ4v) is 6.33.